The number of sulfonamides is 1. The second kappa shape index (κ2) is 9.95. The molecule has 150 valence electrons. The Bertz CT molecular complexity index is 748. The minimum atomic E-state index is -3.76. The predicted molar refractivity (Wildman–Crippen MR) is 99.7 cm³/mol. The minimum absolute atomic E-state index is 0.0775. The van der Waals surface area contributed by atoms with Crippen LogP contribution in [-0.2, 0) is 24.3 Å². The molecule has 0 radical (unpaired) electrons. The summed E-state index contributed by atoms with van der Waals surface area (Å²) in [6.45, 7) is 2.30. The molecule has 0 saturated heterocycles. The molecule has 1 aliphatic rings. The van der Waals surface area contributed by atoms with E-state index in [-0.39, 0.29) is 23.8 Å². The Morgan fingerprint density at radius 3 is 2.59 bits per heavy atom. The van der Waals surface area contributed by atoms with Gasteiger partial charge in [-0.2, -0.15) is 0 Å². The lowest BCUT2D eigenvalue weighted by Gasteiger charge is -2.31. The number of carbonyl (C=O) groups excluding carboxylic acids is 1. The van der Waals surface area contributed by atoms with Crippen molar-refractivity contribution in [1.82, 2.24) is 10.0 Å². The van der Waals surface area contributed by atoms with E-state index in [9.17, 15) is 18.3 Å². The number of ether oxygens (including phenoxy) is 2. The van der Waals surface area contributed by atoms with Gasteiger partial charge in [0.15, 0.2) is 0 Å². The van der Waals surface area contributed by atoms with Crippen molar-refractivity contribution in [3.8, 4) is 0 Å². The molecule has 0 aliphatic carbocycles. The molecule has 0 spiro atoms. The van der Waals surface area contributed by atoms with Crippen molar-refractivity contribution >= 4 is 15.9 Å². The topological polar surface area (TPSA) is 114 Å². The number of hydrogen-bond donors (Lipinski definition) is 3. The van der Waals surface area contributed by atoms with E-state index < -0.39 is 28.3 Å². The molecule has 0 aromatic heterocycles. The quantitative estimate of drug-likeness (QED) is 0.402. The Morgan fingerprint density at radius 1 is 1.26 bits per heavy atom. The Morgan fingerprint density at radius 2 is 1.96 bits per heavy atom. The van der Waals surface area contributed by atoms with Crippen LogP contribution in [0.5, 0.6) is 0 Å². The smallest absolute Gasteiger partial charge is 0.241 e. The molecule has 9 heteroatoms. The standard InChI is InChI=1S/C18H26N2O6S/c1-13-3-6-15(7-4-13)27(23,24)20-16-8-5-14(26-17(16)12-21)11-18(22)19-9-10-25-2/h3-8,14,16-17,20-21H,9-12H2,1-2H3,(H,19,22)/t14-,16-,17+/m0/s1. The predicted octanol–water partition coefficient (Wildman–Crippen LogP) is 0.111. The molecule has 0 unspecified atom stereocenters. The average molecular weight is 398 g/mol. The second-order valence-corrected chi connectivity index (χ2v) is 8.00. The lowest BCUT2D eigenvalue weighted by atomic mass is 10.1. The van der Waals surface area contributed by atoms with Gasteiger partial charge in [0.1, 0.15) is 6.10 Å². The molecule has 0 fully saturated rings. The first kappa shape index (κ1) is 21.5. The zero-order valence-corrected chi connectivity index (χ0v) is 16.2. The van der Waals surface area contributed by atoms with Crippen LogP contribution < -0.4 is 10.0 Å². The number of aryl methyl sites for hydroxylation is 1. The summed E-state index contributed by atoms with van der Waals surface area (Å²) in [6.07, 6.45) is 2.00. The summed E-state index contributed by atoms with van der Waals surface area (Å²) in [7, 11) is -2.22. The third kappa shape index (κ3) is 6.40. The van der Waals surface area contributed by atoms with Gasteiger partial charge in [-0.25, -0.2) is 13.1 Å². The summed E-state index contributed by atoms with van der Waals surface area (Å²) in [5, 5.41) is 12.3. The van der Waals surface area contributed by atoms with E-state index in [0.29, 0.717) is 13.2 Å². The molecular formula is C18H26N2O6S. The third-order valence-electron chi connectivity index (χ3n) is 4.10. The number of carbonyl (C=O) groups is 1. The molecule has 8 nitrogen and oxygen atoms in total. The van der Waals surface area contributed by atoms with Crippen molar-refractivity contribution in [3.63, 3.8) is 0 Å². The Hall–Kier alpha value is -1.78. The van der Waals surface area contributed by atoms with Gasteiger partial charge in [0.25, 0.3) is 0 Å². The van der Waals surface area contributed by atoms with Crippen molar-refractivity contribution in [1.29, 1.82) is 0 Å². The zero-order chi connectivity index (χ0) is 19.9. The number of amides is 1. The molecule has 3 atom stereocenters. The van der Waals surface area contributed by atoms with E-state index in [0.717, 1.165) is 5.56 Å². The summed E-state index contributed by atoms with van der Waals surface area (Å²) >= 11 is 0. The SMILES string of the molecule is COCCNC(=O)C[C@@H]1C=C[C@H](NS(=O)(=O)c2ccc(C)cc2)[C@@H](CO)O1. The lowest BCUT2D eigenvalue weighted by Crippen LogP contribution is -2.49. The van der Waals surface area contributed by atoms with E-state index in [1.165, 1.54) is 12.1 Å². The average Bonchev–Trinajstić information content (AvgIpc) is 2.63. The van der Waals surface area contributed by atoms with Crippen LogP contribution in [0.4, 0.5) is 0 Å². The number of aliphatic hydroxyl groups excluding tert-OH is 1. The first-order chi connectivity index (χ1) is 12.9. The van der Waals surface area contributed by atoms with Gasteiger partial charge >= 0.3 is 0 Å². The third-order valence-corrected chi connectivity index (χ3v) is 5.58. The van der Waals surface area contributed by atoms with E-state index in [4.69, 9.17) is 9.47 Å². The van der Waals surface area contributed by atoms with E-state index in [1.807, 2.05) is 6.92 Å². The van der Waals surface area contributed by atoms with Crippen LogP contribution in [0.2, 0.25) is 0 Å². The zero-order valence-electron chi connectivity index (χ0n) is 15.4. The van der Waals surface area contributed by atoms with Crippen molar-refractivity contribution < 1.29 is 27.8 Å². The van der Waals surface area contributed by atoms with E-state index >= 15 is 0 Å². The number of methoxy groups -OCH3 is 1. The minimum Gasteiger partial charge on any atom is -0.394 e. The summed E-state index contributed by atoms with van der Waals surface area (Å²) < 4.78 is 38.1. The van der Waals surface area contributed by atoms with Crippen LogP contribution in [0.1, 0.15) is 12.0 Å². The molecule has 3 N–H and O–H groups in total. The molecule has 1 heterocycles. The van der Waals surface area contributed by atoms with Gasteiger partial charge in [-0.05, 0) is 19.1 Å². The fourth-order valence-corrected chi connectivity index (χ4v) is 3.84. The summed E-state index contributed by atoms with van der Waals surface area (Å²) in [6, 6.07) is 5.74. The monoisotopic (exact) mass is 398 g/mol. The first-order valence-corrected chi connectivity index (χ1v) is 10.1. The van der Waals surface area contributed by atoms with Gasteiger partial charge in [0.2, 0.25) is 15.9 Å². The molecule has 1 aromatic carbocycles. The van der Waals surface area contributed by atoms with Crippen LogP contribution >= 0.6 is 0 Å². The van der Waals surface area contributed by atoms with Crippen molar-refractivity contribution in [2.24, 2.45) is 0 Å². The Balaban J connectivity index is 1.99. The van der Waals surface area contributed by atoms with Crippen LogP contribution in [-0.4, -0.2) is 64.5 Å². The fourth-order valence-electron chi connectivity index (χ4n) is 2.62. The lowest BCUT2D eigenvalue weighted by molar-refractivity contribution is -0.125. The summed E-state index contributed by atoms with van der Waals surface area (Å²) in [4.78, 5) is 12.0. The highest BCUT2D eigenvalue weighted by atomic mass is 32.2. The van der Waals surface area contributed by atoms with Gasteiger partial charge in [0, 0.05) is 13.7 Å². The highest BCUT2D eigenvalue weighted by Gasteiger charge is 2.31. The first-order valence-electron chi connectivity index (χ1n) is 8.65. The van der Waals surface area contributed by atoms with Crippen LogP contribution in [0.3, 0.4) is 0 Å². The van der Waals surface area contributed by atoms with Gasteiger partial charge in [-0.3, -0.25) is 4.79 Å². The molecule has 1 aliphatic heterocycles. The number of nitrogens with one attached hydrogen (secondary N) is 2. The van der Waals surface area contributed by atoms with Crippen LogP contribution in [0, 0.1) is 6.92 Å². The maximum Gasteiger partial charge on any atom is 0.241 e. The van der Waals surface area contributed by atoms with Crippen LogP contribution in [0.15, 0.2) is 41.3 Å². The molecule has 1 amide bonds. The number of rotatable bonds is 9. The highest BCUT2D eigenvalue weighted by Crippen LogP contribution is 2.18. The second-order valence-electron chi connectivity index (χ2n) is 6.29. The molecule has 27 heavy (non-hydrogen) atoms. The number of aliphatic hydroxyl groups is 1. The molecule has 1 aromatic rings. The van der Waals surface area contributed by atoms with Crippen molar-refractivity contribution in [2.75, 3.05) is 26.9 Å². The molecule has 0 bridgehead atoms. The van der Waals surface area contributed by atoms with Gasteiger partial charge in [0.05, 0.1) is 36.7 Å². The molecule has 0 saturated carbocycles. The largest absolute Gasteiger partial charge is 0.394 e. The highest BCUT2D eigenvalue weighted by molar-refractivity contribution is 7.89. The molecular weight excluding hydrogens is 372 g/mol. The van der Waals surface area contributed by atoms with Crippen LogP contribution in [0.25, 0.3) is 0 Å². The van der Waals surface area contributed by atoms with E-state index in [1.54, 1.807) is 31.4 Å². The maximum absolute atomic E-state index is 12.5. The molecule has 2 rings (SSSR count). The van der Waals surface area contributed by atoms with E-state index in [2.05, 4.69) is 10.0 Å². The van der Waals surface area contributed by atoms with Gasteiger partial charge in [-0.1, -0.05) is 29.8 Å². The van der Waals surface area contributed by atoms with Crippen molar-refractivity contribution in [3.05, 3.63) is 42.0 Å². The van der Waals surface area contributed by atoms with Crippen molar-refractivity contribution in [2.45, 2.75) is 36.5 Å². The van der Waals surface area contributed by atoms with Gasteiger partial charge in [-0.15, -0.1) is 0 Å². The summed E-state index contributed by atoms with van der Waals surface area (Å²) in [5.74, 6) is -0.211. The van der Waals surface area contributed by atoms with Gasteiger partial charge < -0.3 is 19.9 Å². The maximum atomic E-state index is 12.5. The number of hydrogen-bond acceptors (Lipinski definition) is 6. The fraction of sp³-hybridized carbons (Fsp3) is 0.500. The Labute approximate surface area is 159 Å². The summed E-state index contributed by atoms with van der Waals surface area (Å²) in [5.41, 5.74) is 0.953. The Kier molecular flexibility index (Phi) is 7.93. The normalized spacial score (nSPS) is 22.6. The number of benzene rings is 1.